The third-order valence-electron chi connectivity index (χ3n) is 6.04. The van der Waals surface area contributed by atoms with Crippen molar-refractivity contribution in [3.8, 4) is 0 Å². The molecular weight excluding hydrogens is 374 g/mol. The molecule has 1 aromatic rings. The minimum atomic E-state index is -3.48. The first-order valence-electron chi connectivity index (χ1n) is 10.4. The minimum Gasteiger partial charge on any atom is -0.344 e. The molecular formula is C21H33N3O3S. The maximum absolute atomic E-state index is 12.9. The van der Waals surface area contributed by atoms with E-state index in [4.69, 9.17) is 0 Å². The zero-order valence-electron chi connectivity index (χ0n) is 17.3. The molecule has 2 aliphatic rings. The van der Waals surface area contributed by atoms with Crippen molar-refractivity contribution in [1.29, 1.82) is 0 Å². The molecule has 7 heteroatoms. The van der Waals surface area contributed by atoms with Crippen LogP contribution >= 0.6 is 0 Å². The Balaban J connectivity index is 1.53. The second-order valence-electron chi connectivity index (χ2n) is 8.28. The van der Waals surface area contributed by atoms with Gasteiger partial charge >= 0.3 is 0 Å². The number of carbonyl (C=O) groups is 1. The van der Waals surface area contributed by atoms with Crippen LogP contribution in [0.4, 0.5) is 0 Å². The molecule has 156 valence electrons. The first kappa shape index (κ1) is 21.3. The number of likely N-dealkylation sites (N-methyl/N-ethyl adjacent to an activating group) is 1. The molecule has 0 bridgehead atoms. The number of sulfonamides is 1. The van der Waals surface area contributed by atoms with Crippen LogP contribution in [0.3, 0.4) is 0 Å². The number of carbonyl (C=O) groups excluding carboxylic acids is 1. The van der Waals surface area contributed by atoms with Gasteiger partial charge < -0.3 is 4.90 Å². The minimum absolute atomic E-state index is 0.129. The van der Waals surface area contributed by atoms with Gasteiger partial charge in [0.2, 0.25) is 15.9 Å². The molecule has 0 N–H and O–H groups in total. The number of hydrogen-bond acceptors (Lipinski definition) is 4. The molecule has 1 aliphatic heterocycles. The van der Waals surface area contributed by atoms with Crippen LogP contribution in [-0.2, 0) is 14.8 Å². The highest BCUT2D eigenvalue weighted by Crippen LogP contribution is 2.29. The van der Waals surface area contributed by atoms with Crippen LogP contribution in [0.2, 0.25) is 0 Å². The molecule has 3 rings (SSSR count). The van der Waals surface area contributed by atoms with Crippen molar-refractivity contribution < 1.29 is 13.2 Å². The topological polar surface area (TPSA) is 60.9 Å². The quantitative estimate of drug-likeness (QED) is 0.664. The Kier molecular flexibility index (Phi) is 6.78. The van der Waals surface area contributed by atoms with E-state index in [2.05, 4.69) is 18.7 Å². The first-order valence-corrected chi connectivity index (χ1v) is 11.8. The molecule has 1 saturated heterocycles. The van der Waals surface area contributed by atoms with Gasteiger partial charge in [-0.05, 0) is 48.8 Å². The SMILES string of the molecule is CCC(C)c1ccc(S(=O)(=O)N2CCN(CC(=O)N(C)CC3CC3)CC2)cc1. The van der Waals surface area contributed by atoms with Gasteiger partial charge in [0.05, 0.1) is 11.4 Å². The highest BCUT2D eigenvalue weighted by Gasteiger charge is 2.30. The van der Waals surface area contributed by atoms with Gasteiger partial charge in [0.15, 0.2) is 0 Å². The zero-order valence-corrected chi connectivity index (χ0v) is 18.1. The summed E-state index contributed by atoms with van der Waals surface area (Å²) >= 11 is 0. The number of rotatable bonds is 8. The fourth-order valence-electron chi connectivity index (χ4n) is 3.58. The Labute approximate surface area is 169 Å². The van der Waals surface area contributed by atoms with Crippen LogP contribution in [0.5, 0.6) is 0 Å². The second-order valence-corrected chi connectivity index (χ2v) is 10.2. The maximum Gasteiger partial charge on any atom is 0.243 e. The van der Waals surface area contributed by atoms with Gasteiger partial charge in [0.25, 0.3) is 0 Å². The lowest BCUT2D eigenvalue weighted by Gasteiger charge is -2.34. The third-order valence-corrected chi connectivity index (χ3v) is 7.96. The molecule has 2 fully saturated rings. The molecule has 28 heavy (non-hydrogen) atoms. The fraction of sp³-hybridized carbons (Fsp3) is 0.667. The number of amides is 1. The van der Waals surface area contributed by atoms with Crippen LogP contribution in [-0.4, -0.2) is 74.7 Å². The van der Waals surface area contributed by atoms with Crippen LogP contribution < -0.4 is 0 Å². The highest BCUT2D eigenvalue weighted by atomic mass is 32.2. The van der Waals surface area contributed by atoms with Gasteiger partial charge in [-0.15, -0.1) is 0 Å². The Morgan fingerprint density at radius 1 is 1.14 bits per heavy atom. The molecule has 1 amide bonds. The molecule has 0 aromatic heterocycles. The van der Waals surface area contributed by atoms with E-state index in [1.165, 1.54) is 18.4 Å². The smallest absolute Gasteiger partial charge is 0.243 e. The van der Waals surface area contributed by atoms with Gasteiger partial charge in [-0.25, -0.2) is 8.42 Å². The van der Waals surface area contributed by atoms with Crippen LogP contribution in [0.1, 0.15) is 44.6 Å². The summed E-state index contributed by atoms with van der Waals surface area (Å²) in [7, 11) is -1.61. The second kappa shape index (κ2) is 8.93. The Bertz CT molecular complexity index is 767. The molecule has 1 atom stereocenters. The van der Waals surface area contributed by atoms with Gasteiger partial charge in [0.1, 0.15) is 0 Å². The Morgan fingerprint density at radius 3 is 2.29 bits per heavy atom. The molecule has 6 nitrogen and oxygen atoms in total. The van der Waals surface area contributed by atoms with Crippen molar-refractivity contribution in [2.24, 2.45) is 5.92 Å². The van der Waals surface area contributed by atoms with Gasteiger partial charge in [0, 0.05) is 39.8 Å². The van der Waals surface area contributed by atoms with Crippen molar-refractivity contribution in [3.63, 3.8) is 0 Å². The lowest BCUT2D eigenvalue weighted by molar-refractivity contribution is -0.131. The van der Waals surface area contributed by atoms with E-state index in [1.54, 1.807) is 16.4 Å². The predicted molar refractivity (Wildman–Crippen MR) is 111 cm³/mol. The first-order chi connectivity index (χ1) is 13.3. The van der Waals surface area contributed by atoms with E-state index < -0.39 is 10.0 Å². The molecule has 1 unspecified atom stereocenters. The van der Waals surface area contributed by atoms with E-state index in [0.29, 0.717) is 49.5 Å². The van der Waals surface area contributed by atoms with E-state index in [0.717, 1.165) is 13.0 Å². The summed E-state index contributed by atoms with van der Waals surface area (Å²) < 4.78 is 27.4. The highest BCUT2D eigenvalue weighted by molar-refractivity contribution is 7.89. The third kappa shape index (κ3) is 5.13. The van der Waals surface area contributed by atoms with Gasteiger partial charge in [-0.2, -0.15) is 4.31 Å². The van der Waals surface area contributed by atoms with Crippen LogP contribution in [0.15, 0.2) is 29.2 Å². The zero-order chi connectivity index (χ0) is 20.3. The molecule has 1 saturated carbocycles. The number of piperazine rings is 1. The van der Waals surface area contributed by atoms with Crippen LogP contribution in [0.25, 0.3) is 0 Å². The maximum atomic E-state index is 12.9. The van der Waals surface area contributed by atoms with E-state index in [9.17, 15) is 13.2 Å². The Morgan fingerprint density at radius 2 is 1.75 bits per heavy atom. The van der Waals surface area contributed by atoms with Crippen molar-refractivity contribution in [2.45, 2.75) is 43.9 Å². The summed E-state index contributed by atoms with van der Waals surface area (Å²) in [4.78, 5) is 16.6. The summed E-state index contributed by atoms with van der Waals surface area (Å²) in [5.74, 6) is 1.24. The van der Waals surface area contributed by atoms with E-state index >= 15 is 0 Å². The molecule has 0 radical (unpaired) electrons. The summed E-state index contributed by atoms with van der Waals surface area (Å²) in [6.07, 6.45) is 3.49. The lowest BCUT2D eigenvalue weighted by Crippen LogP contribution is -2.51. The van der Waals surface area contributed by atoms with Crippen molar-refractivity contribution in [3.05, 3.63) is 29.8 Å². The molecule has 1 aromatic carbocycles. The van der Waals surface area contributed by atoms with Gasteiger partial charge in [-0.3, -0.25) is 9.69 Å². The average molecular weight is 408 g/mol. The number of benzene rings is 1. The summed E-state index contributed by atoms with van der Waals surface area (Å²) in [6.45, 7) is 7.53. The van der Waals surface area contributed by atoms with E-state index in [-0.39, 0.29) is 5.91 Å². The van der Waals surface area contributed by atoms with Crippen molar-refractivity contribution in [2.75, 3.05) is 46.3 Å². The molecule has 1 aliphatic carbocycles. The fourth-order valence-corrected chi connectivity index (χ4v) is 5.00. The number of hydrogen-bond donors (Lipinski definition) is 0. The molecule has 0 spiro atoms. The lowest BCUT2D eigenvalue weighted by atomic mass is 9.99. The van der Waals surface area contributed by atoms with E-state index in [1.807, 2.05) is 24.1 Å². The van der Waals surface area contributed by atoms with Crippen molar-refractivity contribution >= 4 is 15.9 Å². The summed E-state index contributed by atoms with van der Waals surface area (Å²) in [6, 6.07) is 7.29. The Hall–Kier alpha value is -1.44. The largest absolute Gasteiger partial charge is 0.344 e. The van der Waals surface area contributed by atoms with Crippen molar-refractivity contribution in [1.82, 2.24) is 14.1 Å². The standard InChI is InChI=1S/C21H33N3O3S/c1-4-17(2)19-7-9-20(10-8-19)28(26,27)24-13-11-23(12-14-24)16-21(25)22(3)15-18-5-6-18/h7-10,17-18H,4-6,11-16H2,1-3H3. The number of nitrogens with zero attached hydrogens (tertiary/aromatic N) is 3. The van der Waals surface area contributed by atoms with Gasteiger partial charge in [-0.1, -0.05) is 26.0 Å². The van der Waals surface area contributed by atoms with Crippen LogP contribution in [0, 0.1) is 5.92 Å². The normalized spacial score (nSPS) is 20.1. The monoisotopic (exact) mass is 407 g/mol. The predicted octanol–water partition coefficient (Wildman–Crippen LogP) is 2.37. The summed E-state index contributed by atoms with van der Waals surface area (Å²) in [5.41, 5.74) is 1.17. The summed E-state index contributed by atoms with van der Waals surface area (Å²) in [5, 5.41) is 0. The average Bonchev–Trinajstić information content (AvgIpc) is 3.51. The molecule has 1 heterocycles.